The molecule has 1 aromatic heterocycles. The average Bonchev–Trinajstić information content (AvgIpc) is 2.81. The Hall–Kier alpha value is -1.44. The molecule has 0 aliphatic carbocycles. The first-order valence-corrected chi connectivity index (χ1v) is 7.31. The topological polar surface area (TPSA) is 77.0 Å². The SMILES string of the molecule is C[C@@H](O)CSc1nnc(CCN)n1-c1ccc(F)cc1. The minimum absolute atomic E-state index is 0.291. The van der Waals surface area contributed by atoms with Crippen LogP contribution in [0.3, 0.4) is 0 Å². The molecule has 1 aromatic carbocycles. The van der Waals surface area contributed by atoms with Gasteiger partial charge in [0.2, 0.25) is 0 Å². The number of nitrogens with two attached hydrogens (primary N) is 1. The van der Waals surface area contributed by atoms with E-state index in [9.17, 15) is 9.50 Å². The minimum Gasteiger partial charge on any atom is -0.393 e. The number of rotatable bonds is 6. The number of hydrogen-bond acceptors (Lipinski definition) is 5. The van der Waals surface area contributed by atoms with Crippen LogP contribution in [0.15, 0.2) is 29.4 Å². The first-order valence-electron chi connectivity index (χ1n) is 6.33. The van der Waals surface area contributed by atoms with Gasteiger partial charge in [-0.1, -0.05) is 11.8 Å². The number of aromatic nitrogens is 3. The molecule has 0 aliphatic heterocycles. The van der Waals surface area contributed by atoms with Gasteiger partial charge in [-0.05, 0) is 37.7 Å². The zero-order valence-corrected chi connectivity index (χ0v) is 12.0. The fourth-order valence-electron chi connectivity index (χ4n) is 1.73. The molecular formula is C13H17FN4OS. The molecule has 0 radical (unpaired) electrons. The lowest BCUT2D eigenvalue weighted by atomic mass is 10.3. The lowest BCUT2D eigenvalue weighted by Crippen LogP contribution is -2.10. The molecule has 20 heavy (non-hydrogen) atoms. The van der Waals surface area contributed by atoms with Gasteiger partial charge in [-0.2, -0.15) is 0 Å². The quantitative estimate of drug-likeness (QED) is 0.788. The first-order chi connectivity index (χ1) is 9.61. The molecule has 0 saturated carbocycles. The highest BCUT2D eigenvalue weighted by Crippen LogP contribution is 2.23. The second-order valence-corrected chi connectivity index (χ2v) is 5.40. The van der Waals surface area contributed by atoms with Crippen molar-refractivity contribution in [1.82, 2.24) is 14.8 Å². The Morgan fingerprint density at radius 3 is 2.65 bits per heavy atom. The van der Waals surface area contributed by atoms with E-state index in [0.29, 0.717) is 23.9 Å². The second-order valence-electron chi connectivity index (χ2n) is 4.41. The van der Waals surface area contributed by atoms with Gasteiger partial charge in [0.25, 0.3) is 0 Å². The number of halogens is 1. The van der Waals surface area contributed by atoms with Gasteiger partial charge < -0.3 is 10.8 Å². The summed E-state index contributed by atoms with van der Waals surface area (Å²) in [6, 6.07) is 6.13. The maximum atomic E-state index is 13.0. The summed E-state index contributed by atoms with van der Waals surface area (Å²) in [5, 5.41) is 18.3. The van der Waals surface area contributed by atoms with E-state index in [4.69, 9.17) is 5.73 Å². The number of nitrogens with zero attached hydrogens (tertiary/aromatic N) is 3. The molecule has 5 nitrogen and oxygen atoms in total. The zero-order valence-electron chi connectivity index (χ0n) is 11.2. The summed E-state index contributed by atoms with van der Waals surface area (Å²) in [5.74, 6) is 0.953. The largest absolute Gasteiger partial charge is 0.393 e. The first kappa shape index (κ1) is 15.0. The van der Waals surface area contributed by atoms with Gasteiger partial charge in [0.1, 0.15) is 11.6 Å². The van der Waals surface area contributed by atoms with Crippen molar-refractivity contribution in [3.05, 3.63) is 35.9 Å². The van der Waals surface area contributed by atoms with Crippen LogP contribution in [0.2, 0.25) is 0 Å². The number of benzene rings is 1. The summed E-state index contributed by atoms with van der Waals surface area (Å²) in [7, 11) is 0. The smallest absolute Gasteiger partial charge is 0.195 e. The summed E-state index contributed by atoms with van der Waals surface area (Å²) in [6.45, 7) is 2.17. The molecule has 7 heteroatoms. The van der Waals surface area contributed by atoms with Crippen LogP contribution < -0.4 is 5.73 Å². The number of hydrogen-bond donors (Lipinski definition) is 2. The maximum Gasteiger partial charge on any atom is 0.195 e. The zero-order chi connectivity index (χ0) is 14.5. The Morgan fingerprint density at radius 1 is 1.35 bits per heavy atom. The minimum atomic E-state index is -0.434. The van der Waals surface area contributed by atoms with Crippen molar-refractivity contribution in [2.24, 2.45) is 5.73 Å². The van der Waals surface area contributed by atoms with E-state index in [1.54, 1.807) is 19.1 Å². The van der Waals surface area contributed by atoms with Crippen molar-refractivity contribution in [2.45, 2.75) is 24.6 Å². The van der Waals surface area contributed by atoms with Crippen LogP contribution in [0, 0.1) is 5.82 Å². The van der Waals surface area contributed by atoms with E-state index in [1.807, 2.05) is 4.57 Å². The molecule has 0 spiro atoms. The Labute approximate surface area is 121 Å². The molecule has 0 aliphatic rings. The average molecular weight is 296 g/mol. The molecule has 2 rings (SSSR count). The predicted octanol–water partition coefficient (Wildman–Crippen LogP) is 1.38. The van der Waals surface area contributed by atoms with Crippen LogP contribution in [0.25, 0.3) is 5.69 Å². The monoisotopic (exact) mass is 296 g/mol. The molecule has 0 amide bonds. The number of aliphatic hydroxyl groups is 1. The maximum absolute atomic E-state index is 13.0. The highest BCUT2D eigenvalue weighted by molar-refractivity contribution is 7.99. The highest BCUT2D eigenvalue weighted by atomic mass is 32.2. The fourth-order valence-corrected chi connectivity index (χ4v) is 2.56. The van der Waals surface area contributed by atoms with Crippen LogP contribution in [0.4, 0.5) is 4.39 Å². The summed E-state index contributed by atoms with van der Waals surface area (Å²) in [6.07, 6.45) is 0.149. The molecule has 3 N–H and O–H groups in total. The van der Waals surface area contributed by atoms with Crippen molar-refractivity contribution < 1.29 is 9.50 Å². The summed E-state index contributed by atoms with van der Waals surface area (Å²) >= 11 is 1.41. The summed E-state index contributed by atoms with van der Waals surface area (Å²) in [4.78, 5) is 0. The standard InChI is InChI=1S/C13H17FN4OS/c1-9(19)8-20-13-17-16-12(6-7-15)18(13)11-4-2-10(14)3-5-11/h2-5,9,19H,6-8,15H2,1H3/t9-/m1/s1. The van der Waals surface area contributed by atoms with Crippen molar-refractivity contribution in [2.75, 3.05) is 12.3 Å². The van der Waals surface area contributed by atoms with E-state index in [2.05, 4.69) is 10.2 Å². The van der Waals surface area contributed by atoms with Gasteiger partial charge in [0, 0.05) is 17.9 Å². The van der Waals surface area contributed by atoms with Gasteiger partial charge in [0.15, 0.2) is 5.16 Å². The third kappa shape index (κ3) is 3.56. The second kappa shape index (κ2) is 6.83. The van der Waals surface area contributed by atoms with E-state index >= 15 is 0 Å². The Kier molecular flexibility index (Phi) is 5.11. The lowest BCUT2D eigenvalue weighted by Gasteiger charge is -2.10. The summed E-state index contributed by atoms with van der Waals surface area (Å²) in [5.41, 5.74) is 6.36. The molecule has 0 saturated heterocycles. The van der Waals surface area contributed by atoms with Gasteiger partial charge in [-0.25, -0.2) is 4.39 Å². The lowest BCUT2D eigenvalue weighted by molar-refractivity contribution is 0.220. The van der Waals surface area contributed by atoms with E-state index < -0.39 is 6.10 Å². The normalized spacial score (nSPS) is 12.6. The van der Waals surface area contributed by atoms with Crippen molar-refractivity contribution in [3.8, 4) is 5.69 Å². The van der Waals surface area contributed by atoms with Crippen LogP contribution >= 0.6 is 11.8 Å². The van der Waals surface area contributed by atoms with Gasteiger partial charge in [-0.3, -0.25) is 4.57 Å². The molecular weight excluding hydrogens is 279 g/mol. The molecule has 0 unspecified atom stereocenters. The Bertz CT molecular complexity index is 556. The van der Waals surface area contributed by atoms with Crippen molar-refractivity contribution in [3.63, 3.8) is 0 Å². The van der Waals surface area contributed by atoms with Crippen molar-refractivity contribution in [1.29, 1.82) is 0 Å². The van der Waals surface area contributed by atoms with Crippen LogP contribution in [0.5, 0.6) is 0 Å². The third-order valence-electron chi connectivity index (χ3n) is 2.61. The predicted molar refractivity (Wildman–Crippen MR) is 76.5 cm³/mol. The van der Waals surface area contributed by atoms with Gasteiger partial charge in [-0.15, -0.1) is 10.2 Å². The summed E-state index contributed by atoms with van der Waals surface area (Å²) < 4.78 is 14.9. The molecule has 0 fully saturated rings. The highest BCUT2D eigenvalue weighted by Gasteiger charge is 2.14. The van der Waals surface area contributed by atoms with Crippen LogP contribution in [0.1, 0.15) is 12.7 Å². The van der Waals surface area contributed by atoms with Gasteiger partial charge >= 0.3 is 0 Å². The molecule has 0 bridgehead atoms. The molecule has 1 heterocycles. The van der Waals surface area contributed by atoms with E-state index in [1.165, 1.54) is 23.9 Å². The number of aliphatic hydroxyl groups excluding tert-OH is 1. The molecule has 1 atom stereocenters. The van der Waals surface area contributed by atoms with Crippen LogP contribution in [-0.4, -0.2) is 38.3 Å². The van der Waals surface area contributed by atoms with E-state index in [-0.39, 0.29) is 5.82 Å². The third-order valence-corrected chi connectivity index (χ3v) is 3.78. The molecule has 2 aromatic rings. The van der Waals surface area contributed by atoms with Gasteiger partial charge in [0.05, 0.1) is 6.10 Å². The molecule has 108 valence electrons. The van der Waals surface area contributed by atoms with Crippen LogP contribution in [-0.2, 0) is 6.42 Å². The number of thioether (sulfide) groups is 1. The fraction of sp³-hybridized carbons (Fsp3) is 0.385. The Morgan fingerprint density at radius 2 is 2.05 bits per heavy atom. The Balaban J connectivity index is 2.35. The van der Waals surface area contributed by atoms with Crippen molar-refractivity contribution >= 4 is 11.8 Å². The van der Waals surface area contributed by atoms with E-state index in [0.717, 1.165) is 11.5 Å².